The molecule has 0 spiro atoms. The number of rotatable bonds is 5. The maximum atomic E-state index is 12.4. The molecule has 0 radical (unpaired) electrons. The van der Waals surface area contributed by atoms with E-state index in [9.17, 15) is 9.59 Å². The molecule has 3 heteroatoms. The predicted molar refractivity (Wildman–Crippen MR) is 73.2 cm³/mol. The van der Waals surface area contributed by atoms with Crippen molar-refractivity contribution in [2.75, 3.05) is 0 Å². The van der Waals surface area contributed by atoms with Crippen LogP contribution in [0.1, 0.15) is 45.2 Å². The molecule has 1 aliphatic carbocycles. The van der Waals surface area contributed by atoms with E-state index >= 15 is 0 Å². The first-order chi connectivity index (χ1) is 9.10. The second-order valence-corrected chi connectivity index (χ2v) is 4.44. The first-order valence-corrected chi connectivity index (χ1v) is 6.29. The van der Waals surface area contributed by atoms with E-state index in [4.69, 9.17) is 4.74 Å². The quantitative estimate of drug-likeness (QED) is 0.461. The number of fused-ring (bicyclic) bond motifs is 1. The number of carbonyl (C=O) groups is 2. The van der Waals surface area contributed by atoms with Gasteiger partial charge in [-0.05, 0) is 24.0 Å². The molecule has 0 bridgehead atoms. The summed E-state index contributed by atoms with van der Waals surface area (Å²) in [5.74, 6) is -0.122. The van der Waals surface area contributed by atoms with E-state index in [1.807, 2.05) is 19.1 Å². The fourth-order valence-electron chi connectivity index (χ4n) is 2.46. The van der Waals surface area contributed by atoms with Crippen LogP contribution in [0.3, 0.4) is 0 Å². The number of ketones is 2. The zero-order valence-electron chi connectivity index (χ0n) is 11.0. The second-order valence-electron chi connectivity index (χ2n) is 4.44. The van der Waals surface area contributed by atoms with Crippen molar-refractivity contribution in [3.8, 4) is 0 Å². The van der Waals surface area contributed by atoms with Crippen molar-refractivity contribution in [2.45, 2.75) is 26.2 Å². The van der Waals surface area contributed by atoms with Crippen molar-refractivity contribution in [3.05, 3.63) is 59.6 Å². The summed E-state index contributed by atoms with van der Waals surface area (Å²) in [6.07, 6.45) is 2.99. The number of hydrogen-bond acceptors (Lipinski definition) is 3. The van der Waals surface area contributed by atoms with Gasteiger partial charge in [-0.15, -0.1) is 0 Å². The minimum Gasteiger partial charge on any atom is -0.462 e. The van der Waals surface area contributed by atoms with Crippen LogP contribution in [-0.4, -0.2) is 11.6 Å². The van der Waals surface area contributed by atoms with E-state index in [1.165, 1.54) is 6.26 Å². The van der Waals surface area contributed by atoms with Crippen LogP contribution in [0.25, 0.3) is 0 Å². The Kier molecular flexibility index (Phi) is 3.65. The summed E-state index contributed by atoms with van der Waals surface area (Å²) < 4.78 is 4.98. The average Bonchev–Trinajstić information content (AvgIpc) is 2.79. The first kappa shape index (κ1) is 13.3. The number of aryl methyl sites for hydroxylation is 1. The molecule has 3 nitrogen and oxygen atoms in total. The molecule has 0 saturated carbocycles. The zero-order chi connectivity index (χ0) is 14.0. The van der Waals surface area contributed by atoms with Gasteiger partial charge >= 0.3 is 0 Å². The SMILES string of the molecule is C=COC(=C)C(=O)c1c(CC)ccc2c1CCC2=O. The van der Waals surface area contributed by atoms with Crippen LogP contribution in [0.5, 0.6) is 0 Å². The average molecular weight is 256 g/mol. The van der Waals surface area contributed by atoms with Gasteiger partial charge in [-0.3, -0.25) is 9.59 Å². The lowest BCUT2D eigenvalue weighted by atomic mass is 9.92. The van der Waals surface area contributed by atoms with Gasteiger partial charge in [0, 0.05) is 17.5 Å². The number of allylic oxidation sites excluding steroid dienone is 1. The number of benzene rings is 1. The van der Waals surface area contributed by atoms with Crippen molar-refractivity contribution in [1.82, 2.24) is 0 Å². The molecule has 0 aromatic heterocycles. The van der Waals surface area contributed by atoms with E-state index in [0.29, 0.717) is 24.0 Å². The smallest absolute Gasteiger partial charge is 0.228 e. The topological polar surface area (TPSA) is 43.4 Å². The van der Waals surface area contributed by atoms with Gasteiger partial charge in [0.15, 0.2) is 11.5 Å². The number of Topliss-reactive ketones (excluding diaryl/α,β-unsaturated/α-hetero) is 2. The summed E-state index contributed by atoms with van der Waals surface area (Å²) in [5.41, 5.74) is 3.00. The highest BCUT2D eigenvalue weighted by molar-refractivity contribution is 6.12. The highest BCUT2D eigenvalue weighted by Crippen LogP contribution is 2.30. The first-order valence-electron chi connectivity index (χ1n) is 6.29. The van der Waals surface area contributed by atoms with Gasteiger partial charge in [0.05, 0.1) is 6.26 Å². The summed E-state index contributed by atoms with van der Waals surface area (Å²) in [6.45, 7) is 9.01. The fraction of sp³-hybridized carbons (Fsp3) is 0.250. The van der Waals surface area contributed by atoms with Crippen LogP contribution in [0, 0.1) is 0 Å². The molecule has 0 heterocycles. The molecule has 1 aromatic carbocycles. The molecule has 0 fully saturated rings. The standard InChI is InChI=1S/C16H16O3/c1-4-11-6-7-12-13(8-9-14(12)17)15(11)16(18)10(3)19-5-2/h5-7H,2-4,8-9H2,1H3. The lowest BCUT2D eigenvalue weighted by Gasteiger charge is -2.13. The number of hydrogen-bond donors (Lipinski definition) is 0. The minimum absolute atomic E-state index is 0.0393. The molecule has 0 N–H and O–H groups in total. The monoisotopic (exact) mass is 256 g/mol. The Hall–Kier alpha value is -2.16. The van der Waals surface area contributed by atoms with Crippen LogP contribution >= 0.6 is 0 Å². The van der Waals surface area contributed by atoms with Gasteiger partial charge in [-0.2, -0.15) is 0 Å². The van der Waals surface area contributed by atoms with Gasteiger partial charge in [0.1, 0.15) is 0 Å². The molecule has 1 aliphatic rings. The van der Waals surface area contributed by atoms with Gasteiger partial charge in [-0.1, -0.05) is 32.2 Å². The lowest BCUT2D eigenvalue weighted by Crippen LogP contribution is -2.11. The normalized spacial score (nSPS) is 13.0. The molecular formula is C16H16O3. The Morgan fingerprint density at radius 3 is 2.79 bits per heavy atom. The van der Waals surface area contributed by atoms with E-state index in [-0.39, 0.29) is 17.3 Å². The molecule has 0 atom stereocenters. The van der Waals surface area contributed by atoms with E-state index in [2.05, 4.69) is 13.2 Å². The molecular weight excluding hydrogens is 240 g/mol. The second kappa shape index (κ2) is 5.22. The lowest BCUT2D eigenvalue weighted by molar-refractivity contribution is 0.0969. The molecule has 19 heavy (non-hydrogen) atoms. The number of ether oxygens (including phenoxy) is 1. The van der Waals surface area contributed by atoms with Crippen molar-refractivity contribution >= 4 is 11.6 Å². The van der Waals surface area contributed by atoms with Gasteiger partial charge in [0.25, 0.3) is 0 Å². The molecule has 0 aliphatic heterocycles. The molecule has 98 valence electrons. The van der Waals surface area contributed by atoms with Crippen LogP contribution < -0.4 is 0 Å². The molecule has 1 aromatic rings. The zero-order valence-corrected chi connectivity index (χ0v) is 11.0. The van der Waals surface area contributed by atoms with Crippen molar-refractivity contribution in [3.63, 3.8) is 0 Å². The van der Waals surface area contributed by atoms with Crippen molar-refractivity contribution in [1.29, 1.82) is 0 Å². The maximum Gasteiger partial charge on any atom is 0.228 e. The van der Waals surface area contributed by atoms with Crippen molar-refractivity contribution in [2.24, 2.45) is 0 Å². The van der Waals surface area contributed by atoms with Crippen LogP contribution in [0.15, 0.2) is 37.3 Å². The summed E-state index contributed by atoms with van der Waals surface area (Å²) in [4.78, 5) is 24.2. The predicted octanol–water partition coefficient (Wildman–Crippen LogP) is 3.23. The summed E-state index contributed by atoms with van der Waals surface area (Å²) in [7, 11) is 0. The van der Waals surface area contributed by atoms with Crippen LogP contribution in [0.2, 0.25) is 0 Å². The number of carbonyl (C=O) groups excluding carboxylic acids is 2. The fourth-order valence-corrected chi connectivity index (χ4v) is 2.46. The maximum absolute atomic E-state index is 12.4. The van der Waals surface area contributed by atoms with Crippen LogP contribution in [-0.2, 0) is 17.6 Å². The molecule has 0 unspecified atom stereocenters. The highest BCUT2D eigenvalue weighted by atomic mass is 16.5. The largest absolute Gasteiger partial charge is 0.462 e. The third-order valence-corrected chi connectivity index (χ3v) is 3.39. The summed E-state index contributed by atoms with van der Waals surface area (Å²) in [5, 5.41) is 0. The van der Waals surface area contributed by atoms with Gasteiger partial charge in [-0.25, -0.2) is 0 Å². The Labute approximate surface area is 112 Å². The summed E-state index contributed by atoms with van der Waals surface area (Å²) >= 11 is 0. The molecule has 2 rings (SSSR count). The van der Waals surface area contributed by atoms with E-state index in [1.54, 1.807) is 0 Å². The molecule has 0 amide bonds. The Balaban J connectivity index is 2.55. The minimum atomic E-state index is -0.261. The Bertz CT molecular complexity index is 582. The van der Waals surface area contributed by atoms with E-state index < -0.39 is 0 Å². The van der Waals surface area contributed by atoms with Gasteiger partial charge < -0.3 is 4.74 Å². The van der Waals surface area contributed by atoms with Gasteiger partial charge in [0.2, 0.25) is 5.78 Å². The Morgan fingerprint density at radius 2 is 2.16 bits per heavy atom. The third kappa shape index (κ3) is 2.24. The third-order valence-electron chi connectivity index (χ3n) is 3.39. The van der Waals surface area contributed by atoms with Crippen molar-refractivity contribution < 1.29 is 14.3 Å². The summed E-state index contributed by atoms with van der Waals surface area (Å²) in [6, 6.07) is 3.66. The Morgan fingerprint density at radius 1 is 1.42 bits per heavy atom. The van der Waals surface area contributed by atoms with Crippen LogP contribution in [0.4, 0.5) is 0 Å². The molecule has 0 saturated heterocycles. The van der Waals surface area contributed by atoms with E-state index in [0.717, 1.165) is 17.5 Å². The highest BCUT2D eigenvalue weighted by Gasteiger charge is 2.28.